The fraction of sp³-hybridized carbons (Fsp3) is 0.222. The molecule has 0 saturated heterocycles. The molecule has 5 rings (SSSR count). The van der Waals surface area contributed by atoms with Crippen molar-refractivity contribution in [3.05, 3.63) is 35.7 Å². The minimum atomic E-state index is 0.524. The molecule has 4 aromatic rings. The highest BCUT2D eigenvalue weighted by Crippen LogP contribution is 2.39. The number of rotatable bonds is 2. The van der Waals surface area contributed by atoms with Gasteiger partial charge in [-0.3, -0.25) is 5.10 Å². The number of nitrogens with one attached hydrogen (secondary N) is 1. The third-order valence-electron chi connectivity index (χ3n) is 4.35. The lowest BCUT2D eigenvalue weighted by Gasteiger charge is -2.19. The van der Waals surface area contributed by atoms with Gasteiger partial charge >= 0.3 is 0 Å². The summed E-state index contributed by atoms with van der Waals surface area (Å²) in [5.74, 6) is 1.39. The van der Waals surface area contributed by atoms with Gasteiger partial charge in [0.05, 0.1) is 11.2 Å². The van der Waals surface area contributed by atoms with Crippen LogP contribution in [0, 0.1) is 13.8 Å². The van der Waals surface area contributed by atoms with Crippen LogP contribution in [0.2, 0.25) is 0 Å². The van der Waals surface area contributed by atoms with Gasteiger partial charge in [0.2, 0.25) is 0 Å². The van der Waals surface area contributed by atoms with Crippen molar-refractivity contribution in [3.8, 4) is 34.1 Å². The number of aromatic nitrogens is 5. The van der Waals surface area contributed by atoms with Crippen LogP contribution >= 0.6 is 0 Å². The molecule has 8 heteroatoms. The number of pyridine rings is 1. The number of nitrogens with zero attached hydrogens (tertiary/aromatic N) is 4. The zero-order valence-electron chi connectivity index (χ0n) is 14.2. The molecule has 0 fully saturated rings. The second kappa shape index (κ2) is 5.55. The van der Waals surface area contributed by atoms with E-state index in [1.54, 1.807) is 0 Å². The third-order valence-corrected chi connectivity index (χ3v) is 4.35. The Hall–Kier alpha value is -3.42. The van der Waals surface area contributed by atoms with E-state index < -0.39 is 0 Å². The van der Waals surface area contributed by atoms with Gasteiger partial charge in [0, 0.05) is 22.7 Å². The van der Waals surface area contributed by atoms with Gasteiger partial charge in [0.15, 0.2) is 11.5 Å². The molecule has 0 radical (unpaired) electrons. The Morgan fingerprint density at radius 3 is 2.42 bits per heavy atom. The van der Waals surface area contributed by atoms with Crippen molar-refractivity contribution >= 4 is 10.9 Å². The minimum Gasteiger partial charge on any atom is -0.486 e. The van der Waals surface area contributed by atoms with E-state index in [1.165, 1.54) is 0 Å². The van der Waals surface area contributed by atoms with Gasteiger partial charge in [-0.05, 0) is 37.2 Å². The first kappa shape index (κ1) is 14.9. The first-order valence-electron chi connectivity index (χ1n) is 8.25. The quantitative estimate of drug-likeness (QED) is 0.594. The van der Waals surface area contributed by atoms with E-state index >= 15 is 0 Å². The number of aromatic amines is 1. The number of hydrogen-bond donors (Lipinski definition) is 1. The zero-order chi connectivity index (χ0) is 17.7. The summed E-state index contributed by atoms with van der Waals surface area (Å²) in [7, 11) is 0. The van der Waals surface area contributed by atoms with Crippen LogP contribution in [0.15, 0.2) is 28.9 Å². The molecule has 130 valence electrons. The lowest BCUT2D eigenvalue weighted by molar-refractivity contribution is 0.172. The molecule has 0 bridgehead atoms. The fourth-order valence-electron chi connectivity index (χ4n) is 3.12. The SMILES string of the molecule is Cc1cc(-c2cc(-c3nonc3C)c3cc4c(cc3n2)OCCO4)n[nH]1. The van der Waals surface area contributed by atoms with E-state index in [1.807, 2.05) is 38.1 Å². The van der Waals surface area contributed by atoms with Crippen LogP contribution in [0.25, 0.3) is 33.5 Å². The van der Waals surface area contributed by atoms with Crippen LogP contribution in [-0.2, 0) is 0 Å². The summed E-state index contributed by atoms with van der Waals surface area (Å²) < 4.78 is 16.3. The second-order valence-electron chi connectivity index (χ2n) is 6.20. The van der Waals surface area contributed by atoms with Gasteiger partial charge in [0.1, 0.15) is 30.3 Å². The van der Waals surface area contributed by atoms with Gasteiger partial charge in [-0.15, -0.1) is 0 Å². The molecule has 1 aliphatic rings. The first-order valence-corrected chi connectivity index (χ1v) is 8.25. The Bertz CT molecular complexity index is 1130. The molecule has 1 N–H and O–H groups in total. The Morgan fingerprint density at radius 1 is 0.923 bits per heavy atom. The van der Waals surface area contributed by atoms with Gasteiger partial charge in [-0.1, -0.05) is 5.16 Å². The average Bonchev–Trinajstić information content (AvgIpc) is 3.27. The van der Waals surface area contributed by atoms with E-state index in [-0.39, 0.29) is 0 Å². The number of H-pyrrole nitrogens is 1. The highest BCUT2D eigenvalue weighted by molar-refractivity contribution is 5.97. The van der Waals surface area contributed by atoms with Crippen molar-refractivity contribution in [1.29, 1.82) is 0 Å². The standard InChI is InChI=1S/C18H15N5O3/c1-9-5-15(21-20-9)14-6-12(18-10(2)22-26-23-18)11-7-16-17(8-13(11)19-14)25-4-3-24-16/h5-8H,3-4H2,1-2H3,(H,20,21). The predicted molar refractivity (Wildman–Crippen MR) is 93.1 cm³/mol. The summed E-state index contributed by atoms with van der Waals surface area (Å²) in [4.78, 5) is 4.77. The molecular formula is C18H15N5O3. The molecule has 4 heterocycles. The molecule has 0 spiro atoms. The lowest BCUT2D eigenvalue weighted by atomic mass is 10.0. The largest absolute Gasteiger partial charge is 0.486 e. The van der Waals surface area contributed by atoms with Gasteiger partial charge in [-0.2, -0.15) is 5.10 Å². The molecule has 0 atom stereocenters. The van der Waals surface area contributed by atoms with Crippen LogP contribution < -0.4 is 9.47 Å². The molecule has 1 aliphatic heterocycles. The third kappa shape index (κ3) is 2.30. The minimum absolute atomic E-state index is 0.524. The van der Waals surface area contributed by atoms with Crippen molar-refractivity contribution in [2.45, 2.75) is 13.8 Å². The smallest absolute Gasteiger partial charge is 0.163 e. The molecule has 26 heavy (non-hydrogen) atoms. The maximum absolute atomic E-state index is 5.72. The maximum Gasteiger partial charge on any atom is 0.163 e. The highest BCUT2D eigenvalue weighted by atomic mass is 16.6. The zero-order valence-corrected chi connectivity index (χ0v) is 14.2. The van der Waals surface area contributed by atoms with E-state index in [9.17, 15) is 0 Å². The van der Waals surface area contributed by atoms with Crippen molar-refractivity contribution in [2.24, 2.45) is 0 Å². The molecule has 8 nitrogen and oxygen atoms in total. The van der Waals surface area contributed by atoms with Crippen molar-refractivity contribution in [1.82, 2.24) is 25.5 Å². The van der Waals surface area contributed by atoms with Crippen molar-refractivity contribution in [3.63, 3.8) is 0 Å². The summed E-state index contributed by atoms with van der Waals surface area (Å²) in [5.41, 5.74) is 5.46. The Kier molecular flexibility index (Phi) is 3.18. The Labute approximate surface area is 148 Å². The normalized spacial score (nSPS) is 13.3. The van der Waals surface area contributed by atoms with Crippen LogP contribution in [0.1, 0.15) is 11.4 Å². The van der Waals surface area contributed by atoms with Gasteiger partial charge in [0.25, 0.3) is 0 Å². The lowest BCUT2D eigenvalue weighted by Crippen LogP contribution is -2.15. The summed E-state index contributed by atoms with van der Waals surface area (Å²) in [6.45, 7) is 4.85. The van der Waals surface area contributed by atoms with Gasteiger partial charge in [-0.25, -0.2) is 9.61 Å². The van der Waals surface area contributed by atoms with E-state index in [4.69, 9.17) is 19.1 Å². The molecule has 0 saturated carbocycles. The maximum atomic E-state index is 5.72. The van der Waals surface area contributed by atoms with Crippen LogP contribution in [0.4, 0.5) is 0 Å². The van der Waals surface area contributed by atoms with Gasteiger partial charge < -0.3 is 9.47 Å². The molecule has 0 aliphatic carbocycles. The average molecular weight is 349 g/mol. The van der Waals surface area contributed by atoms with Crippen molar-refractivity contribution < 1.29 is 14.1 Å². The topological polar surface area (TPSA) is 99.0 Å². The van der Waals surface area contributed by atoms with E-state index in [2.05, 4.69) is 20.5 Å². The summed E-state index contributed by atoms with van der Waals surface area (Å²) >= 11 is 0. The second-order valence-corrected chi connectivity index (χ2v) is 6.20. The summed E-state index contributed by atoms with van der Waals surface area (Å²) in [6, 6.07) is 7.71. The Morgan fingerprint density at radius 2 is 1.73 bits per heavy atom. The van der Waals surface area contributed by atoms with Crippen LogP contribution in [0.3, 0.4) is 0 Å². The van der Waals surface area contributed by atoms with E-state index in [0.717, 1.165) is 33.5 Å². The number of aryl methyl sites for hydroxylation is 2. The van der Waals surface area contributed by atoms with E-state index in [0.29, 0.717) is 36.1 Å². The Balaban J connectivity index is 1.82. The van der Waals surface area contributed by atoms with Crippen LogP contribution in [0.5, 0.6) is 11.5 Å². The molecular weight excluding hydrogens is 334 g/mol. The number of ether oxygens (including phenoxy) is 2. The van der Waals surface area contributed by atoms with Crippen LogP contribution in [-0.4, -0.2) is 38.7 Å². The fourth-order valence-corrected chi connectivity index (χ4v) is 3.12. The molecule has 0 amide bonds. The number of hydrogen-bond acceptors (Lipinski definition) is 7. The highest BCUT2D eigenvalue weighted by Gasteiger charge is 2.20. The first-order chi connectivity index (χ1) is 12.7. The summed E-state index contributed by atoms with van der Waals surface area (Å²) in [5, 5.41) is 16.1. The summed E-state index contributed by atoms with van der Waals surface area (Å²) in [6.07, 6.45) is 0. The van der Waals surface area contributed by atoms with Crippen molar-refractivity contribution in [2.75, 3.05) is 13.2 Å². The molecule has 1 aromatic carbocycles. The molecule has 3 aromatic heterocycles. The monoisotopic (exact) mass is 349 g/mol. The molecule has 0 unspecified atom stereocenters. The predicted octanol–water partition coefficient (Wildman–Crippen LogP) is 3.06. The number of benzene rings is 1. The number of fused-ring (bicyclic) bond motifs is 2.